The van der Waals surface area contributed by atoms with E-state index in [4.69, 9.17) is 5.26 Å². The standard InChI is InChI=1S/C14H10FN.C13H10F2/c1-10-6-7-11(8-14(10)15)13-5-3-2-4-12(13)9-16;1-9-12(14)7-11(8-13(9)15)10-5-3-2-4-6-10/h2-8H,1H3;2-8H,1H3. The molecule has 0 heterocycles. The first-order valence-electron chi connectivity index (χ1n) is 9.67. The Bertz CT molecular complexity index is 1220. The summed E-state index contributed by atoms with van der Waals surface area (Å²) in [6, 6.07) is 26.2. The van der Waals surface area contributed by atoms with Crippen LogP contribution in [0.2, 0.25) is 0 Å². The molecule has 0 atom stereocenters. The van der Waals surface area contributed by atoms with E-state index in [1.54, 1.807) is 25.1 Å². The fraction of sp³-hybridized carbons (Fsp3) is 0.0741. The smallest absolute Gasteiger partial charge is 0.129 e. The van der Waals surface area contributed by atoms with Crippen LogP contribution in [0.15, 0.2) is 84.9 Å². The lowest BCUT2D eigenvalue weighted by Gasteiger charge is -2.05. The van der Waals surface area contributed by atoms with Gasteiger partial charge in [0, 0.05) is 5.56 Å². The first kappa shape index (κ1) is 21.9. The minimum atomic E-state index is -0.506. The number of nitriles is 1. The quantitative estimate of drug-likeness (QED) is 0.330. The largest absolute Gasteiger partial charge is 0.207 e. The maximum atomic E-state index is 13.4. The fourth-order valence-corrected chi connectivity index (χ4v) is 3.04. The van der Waals surface area contributed by atoms with Gasteiger partial charge in [0.15, 0.2) is 0 Å². The highest BCUT2D eigenvalue weighted by molar-refractivity contribution is 5.70. The van der Waals surface area contributed by atoms with Crippen LogP contribution in [0.3, 0.4) is 0 Å². The van der Waals surface area contributed by atoms with E-state index in [2.05, 4.69) is 6.07 Å². The predicted molar refractivity (Wildman–Crippen MR) is 118 cm³/mol. The van der Waals surface area contributed by atoms with E-state index in [1.807, 2.05) is 48.5 Å². The van der Waals surface area contributed by atoms with E-state index in [0.29, 0.717) is 16.7 Å². The van der Waals surface area contributed by atoms with Crippen molar-refractivity contribution in [2.45, 2.75) is 13.8 Å². The molecule has 0 aliphatic carbocycles. The van der Waals surface area contributed by atoms with Gasteiger partial charge >= 0.3 is 0 Å². The fourth-order valence-electron chi connectivity index (χ4n) is 3.04. The molecule has 0 spiro atoms. The molecule has 31 heavy (non-hydrogen) atoms. The molecule has 0 amide bonds. The van der Waals surface area contributed by atoms with Crippen molar-refractivity contribution < 1.29 is 13.2 Å². The summed E-state index contributed by atoms with van der Waals surface area (Å²) >= 11 is 0. The molecular weight excluding hydrogens is 395 g/mol. The van der Waals surface area contributed by atoms with Crippen LogP contribution in [-0.4, -0.2) is 0 Å². The van der Waals surface area contributed by atoms with Gasteiger partial charge < -0.3 is 0 Å². The molecule has 0 saturated heterocycles. The van der Waals surface area contributed by atoms with Crippen molar-refractivity contribution in [1.82, 2.24) is 0 Å². The number of halogens is 3. The topological polar surface area (TPSA) is 23.8 Å². The van der Waals surface area contributed by atoms with Crippen molar-refractivity contribution >= 4 is 0 Å². The lowest BCUT2D eigenvalue weighted by atomic mass is 9.99. The average molecular weight is 415 g/mol. The highest BCUT2D eigenvalue weighted by Crippen LogP contribution is 2.25. The first-order chi connectivity index (χ1) is 14.9. The molecule has 0 saturated carbocycles. The van der Waals surface area contributed by atoms with Crippen LogP contribution in [-0.2, 0) is 0 Å². The molecule has 1 nitrogen and oxygen atoms in total. The van der Waals surface area contributed by atoms with Gasteiger partial charge in [-0.25, -0.2) is 13.2 Å². The molecule has 154 valence electrons. The second kappa shape index (κ2) is 9.77. The molecule has 0 bridgehead atoms. The van der Waals surface area contributed by atoms with Crippen molar-refractivity contribution in [3.05, 3.63) is 119 Å². The normalized spacial score (nSPS) is 10.1. The summed E-state index contributed by atoms with van der Waals surface area (Å²) in [6.45, 7) is 3.15. The second-order valence-corrected chi connectivity index (χ2v) is 7.05. The van der Waals surface area contributed by atoms with E-state index in [0.717, 1.165) is 16.7 Å². The van der Waals surface area contributed by atoms with Gasteiger partial charge in [-0.3, -0.25) is 0 Å². The summed E-state index contributed by atoms with van der Waals surface area (Å²) in [4.78, 5) is 0. The third-order valence-electron chi connectivity index (χ3n) is 4.92. The van der Waals surface area contributed by atoms with Crippen LogP contribution in [0.1, 0.15) is 16.7 Å². The zero-order valence-corrected chi connectivity index (χ0v) is 17.2. The van der Waals surface area contributed by atoms with Gasteiger partial charge in [-0.2, -0.15) is 5.26 Å². The van der Waals surface area contributed by atoms with E-state index in [9.17, 15) is 13.2 Å². The lowest BCUT2D eigenvalue weighted by molar-refractivity contribution is 0.569. The minimum absolute atomic E-state index is 0.0645. The average Bonchev–Trinajstić information content (AvgIpc) is 2.80. The van der Waals surface area contributed by atoms with E-state index in [1.165, 1.54) is 25.1 Å². The molecule has 0 radical (unpaired) electrons. The van der Waals surface area contributed by atoms with Gasteiger partial charge in [-0.1, -0.05) is 60.7 Å². The summed E-state index contributed by atoms with van der Waals surface area (Å²) < 4.78 is 40.0. The summed E-state index contributed by atoms with van der Waals surface area (Å²) in [5.74, 6) is -1.26. The summed E-state index contributed by atoms with van der Waals surface area (Å²) in [5, 5.41) is 8.96. The van der Waals surface area contributed by atoms with E-state index >= 15 is 0 Å². The number of rotatable bonds is 2. The van der Waals surface area contributed by atoms with Crippen LogP contribution < -0.4 is 0 Å². The molecule has 4 heteroatoms. The van der Waals surface area contributed by atoms with Gasteiger partial charge in [-0.05, 0) is 65.9 Å². The van der Waals surface area contributed by atoms with Crippen molar-refractivity contribution in [1.29, 1.82) is 5.26 Å². The van der Waals surface area contributed by atoms with Crippen molar-refractivity contribution in [3.8, 4) is 28.3 Å². The Hall–Kier alpha value is -3.84. The Labute approximate surface area is 180 Å². The van der Waals surface area contributed by atoms with Crippen LogP contribution in [0, 0.1) is 42.6 Å². The molecule has 0 aromatic heterocycles. The third kappa shape index (κ3) is 5.21. The molecule has 0 aliphatic rings. The summed E-state index contributed by atoms with van der Waals surface area (Å²) in [7, 11) is 0. The maximum absolute atomic E-state index is 13.4. The third-order valence-corrected chi connectivity index (χ3v) is 4.92. The summed E-state index contributed by atoms with van der Waals surface area (Å²) in [5.41, 5.74) is 4.12. The van der Waals surface area contributed by atoms with Crippen LogP contribution in [0.25, 0.3) is 22.3 Å². The first-order valence-corrected chi connectivity index (χ1v) is 9.67. The van der Waals surface area contributed by atoms with E-state index in [-0.39, 0.29) is 11.4 Å². The Morgan fingerprint density at radius 2 is 1.19 bits per heavy atom. The molecule has 0 N–H and O–H groups in total. The van der Waals surface area contributed by atoms with Crippen molar-refractivity contribution in [3.63, 3.8) is 0 Å². The highest BCUT2D eigenvalue weighted by Gasteiger charge is 2.08. The monoisotopic (exact) mass is 415 g/mol. The molecule has 4 rings (SSSR count). The number of benzene rings is 4. The minimum Gasteiger partial charge on any atom is -0.207 e. The molecule has 4 aromatic rings. The SMILES string of the molecule is Cc1c(F)cc(-c2ccccc2)cc1F.Cc1ccc(-c2ccccc2C#N)cc1F. The van der Waals surface area contributed by atoms with Crippen LogP contribution >= 0.6 is 0 Å². The Morgan fingerprint density at radius 3 is 1.81 bits per heavy atom. The maximum Gasteiger partial charge on any atom is 0.129 e. The molecule has 0 fully saturated rings. The Kier molecular flexibility index (Phi) is 6.89. The Morgan fingerprint density at radius 1 is 0.613 bits per heavy atom. The van der Waals surface area contributed by atoms with Gasteiger partial charge in [-0.15, -0.1) is 0 Å². The Balaban J connectivity index is 0.000000176. The van der Waals surface area contributed by atoms with Crippen molar-refractivity contribution in [2.24, 2.45) is 0 Å². The lowest BCUT2D eigenvalue weighted by Crippen LogP contribution is -1.90. The number of hydrogen-bond acceptors (Lipinski definition) is 1. The highest BCUT2D eigenvalue weighted by atomic mass is 19.1. The number of hydrogen-bond donors (Lipinski definition) is 0. The predicted octanol–water partition coefficient (Wildman–Crippen LogP) is 7.61. The zero-order valence-electron chi connectivity index (χ0n) is 17.2. The van der Waals surface area contributed by atoms with Crippen LogP contribution in [0.4, 0.5) is 13.2 Å². The molecule has 4 aromatic carbocycles. The molecule has 0 aliphatic heterocycles. The van der Waals surface area contributed by atoms with Crippen molar-refractivity contribution in [2.75, 3.05) is 0 Å². The number of aryl methyl sites for hydroxylation is 1. The van der Waals surface area contributed by atoms with E-state index < -0.39 is 11.6 Å². The second-order valence-electron chi connectivity index (χ2n) is 7.05. The molecule has 0 unspecified atom stereocenters. The van der Waals surface area contributed by atoms with Crippen LogP contribution in [0.5, 0.6) is 0 Å². The van der Waals surface area contributed by atoms with Gasteiger partial charge in [0.05, 0.1) is 11.6 Å². The summed E-state index contributed by atoms with van der Waals surface area (Å²) in [6.07, 6.45) is 0. The van der Waals surface area contributed by atoms with Gasteiger partial charge in [0.1, 0.15) is 17.5 Å². The zero-order chi connectivity index (χ0) is 22.4. The van der Waals surface area contributed by atoms with Gasteiger partial charge in [0.25, 0.3) is 0 Å². The van der Waals surface area contributed by atoms with Gasteiger partial charge in [0.2, 0.25) is 0 Å². The molecular formula is C27H20F3N. The number of nitrogens with zero attached hydrogens (tertiary/aromatic N) is 1.